The maximum absolute atomic E-state index is 12.4. The van der Waals surface area contributed by atoms with E-state index in [2.05, 4.69) is 37.9 Å². The number of anilines is 1. The number of halogens is 1. The van der Waals surface area contributed by atoms with Crippen molar-refractivity contribution in [1.82, 2.24) is 9.97 Å². The molecule has 0 radical (unpaired) electrons. The summed E-state index contributed by atoms with van der Waals surface area (Å²) >= 11 is 3.96. The summed E-state index contributed by atoms with van der Waals surface area (Å²) in [7, 11) is 0. The smallest absolute Gasteiger partial charge is 0.259 e. The van der Waals surface area contributed by atoms with Gasteiger partial charge < -0.3 is 10.3 Å². The number of nitrogens with zero attached hydrogens (tertiary/aromatic N) is 1. The van der Waals surface area contributed by atoms with Crippen molar-refractivity contribution in [1.29, 1.82) is 0 Å². The van der Waals surface area contributed by atoms with Gasteiger partial charge in [-0.2, -0.15) is 0 Å². The summed E-state index contributed by atoms with van der Waals surface area (Å²) < 4.78 is 1.20. The van der Waals surface area contributed by atoms with E-state index >= 15 is 0 Å². The van der Waals surface area contributed by atoms with E-state index < -0.39 is 0 Å². The summed E-state index contributed by atoms with van der Waals surface area (Å²) in [5.74, 6) is 0.691. The lowest BCUT2D eigenvalue weighted by Crippen LogP contribution is -2.14. The van der Waals surface area contributed by atoms with Gasteiger partial charge in [0.25, 0.3) is 5.56 Å². The maximum Gasteiger partial charge on any atom is 0.259 e. The van der Waals surface area contributed by atoms with E-state index in [0.29, 0.717) is 12.4 Å². The van der Waals surface area contributed by atoms with Crippen molar-refractivity contribution in [2.45, 2.75) is 25.8 Å². The number of hydrogen-bond donors (Lipinski definition) is 2. The van der Waals surface area contributed by atoms with Crippen LogP contribution in [0.5, 0.6) is 0 Å². The second-order valence-electron chi connectivity index (χ2n) is 5.41. The standard InChI is InChI=1S/C16H14IN3OS/c17-9-4-6-10(7-5-9)18-8-13-19-15(21)14-11-2-1-3-12(11)22-16(14)20-13/h4-7,18H,1-3,8H2,(H,19,20,21). The molecule has 0 unspecified atom stereocenters. The lowest BCUT2D eigenvalue weighted by Gasteiger charge is -2.06. The molecule has 0 aliphatic heterocycles. The van der Waals surface area contributed by atoms with E-state index in [1.54, 1.807) is 11.3 Å². The molecule has 0 spiro atoms. The molecule has 1 aliphatic rings. The van der Waals surface area contributed by atoms with E-state index in [9.17, 15) is 4.79 Å². The number of aryl methyl sites for hydroxylation is 2. The number of rotatable bonds is 3. The highest BCUT2D eigenvalue weighted by Gasteiger charge is 2.20. The molecule has 0 bridgehead atoms. The van der Waals surface area contributed by atoms with Crippen LogP contribution < -0.4 is 10.9 Å². The van der Waals surface area contributed by atoms with Gasteiger partial charge in [-0.15, -0.1) is 11.3 Å². The molecular weight excluding hydrogens is 409 g/mol. The average molecular weight is 423 g/mol. The first-order valence-electron chi connectivity index (χ1n) is 7.23. The fraction of sp³-hybridized carbons (Fsp3) is 0.250. The molecule has 22 heavy (non-hydrogen) atoms. The first-order chi connectivity index (χ1) is 10.7. The molecule has 3 aromatic rings. The summed E-state index contributed by atoms with van der Waals surface area (Å²) in [5, 5.41) is 4.11. The third-order valence-corrected chi connectivity index (χ3v) is 5.83. The normalized spacial score (nSPS) is 13.5. The van der Waals surface area contributed by atoms with E-state index in [4.69, 9.17) is 0 Å². The van der Waals surface area contributed by atoms with Gasteiger partial charge >= 0.3 is 0 Å². The van der Waals surface area contributed by atoms with Gasteiger partial charge in [-0.05, 0) is 71.7 Å². The molecule has 0 saturated carbocycles. The van der Waals surface area contributed by atoms with E-state index in [0.717, 1.165) is 35.2 Å². The molecule has 0 atom stereocenters. The van der Waals surface area contributed by atoms with Gasteiger partial charge in [-0.25, -0.2) is 4.98 Å². The van der Waals surface area contributed by atoms with Crippen LogP contribution in [0.1, 0.15) is 22.7 Å². The van der Waals surface area contributed by atoms with Gasteiger partial charge in [0.05, 0.1) is 11.9 Å². The number of hydrogen-bond acceptors (Lipinski definition) is 4. The first kappa shape index (κ1) is 14.2. The fourth-order valence-electron chi connectivity index (χ4n) is 2.88. The second kappa shape index (κ2) is 5.66. The highest BCUT2D eigenvalue weighted by molar-refractivity contribution is 14.1. The Morgan fingerprint density at radius 1 is 1.27 bits per heavy atom. The van der Waals surface area contributed by atoms with Gasteiger partial charge in [0.2, 0.25) is 0 Å². The molecule has 6 heteroatoms. The number of aromatic nitrogens is 2. The molecule has 2 aromatic heterocycles. The molecule has 112 valence electrons. The Labute approximate surface area is 145 Å². The van der Waals surface area contributed by atoms with Crippen molar-refractivity contribution in [2.75, 3.05) is 5.32 Å². The molecule has 1 aromatic carbocycles. The van der Waals surface area contributed by atoms with Crippen molar-refractivity contribution in [3.63, 3.8) is 0 Å². The molecular formula is C16H14IN3OS. The Morgan fingerprint density at radius 3 is 2.91 bits per heavy atom. The third-order valence-electron chi connectivity index (χ3n) is 3.93. The quantitative estimate of drug-likeness (QED) is 0.632. The minimum atomic E-state index is 0.00353. The zero-order valence-electron chi connectivity index (χ0n) is 11.8. The molecule has 0 fully saturated rings. The molecule has 4 rings (SSSR count). The maximum atomic E-state index is 12.4. The average Bonchev–Trinajstić information content (AvgIpc) is 3.06. The summed E-state index contributed by atoms with van der Waals surface area (Å²) in [4.78, 5) is 22.1. The van der Waals surface area contributed by atoms with Crippen molar-refractivity contribution in [3.05, 3.63) is 54.5 Å². The number of fused-ring (bicyclic) bond motifs is 3. The van der Waals surface area contributed by atoms with Crippen molar-refractivity contribution in [3.8, 4) is 0 Å². The zero-order valence-corrected chi connectivity index (χ0v) is 14.8. The Hall–Kier alpha value is -1.41. The zero-order chi connectivity index (χ0) is 15.1. The van der Waals surface area contributed by atoms with Crippen LogP contribution >= 0.6 is 33.9 Å². The van der Waals surface area contributed by atoms with Crippen molar-refractivity contribution >= 4 is 49.8 Å². The first-order valence-corrected chi connectivity index (χ1v) is 9.13. The van der Waals surface area contributed by atoms with Gasteiger partial charge in [0.1, 0.15) is 10.7 Å². The molecule has 0 amide bonds. The monoisotopic (exact) mass is 423 g/mol. The van der Waals surface area contributed by atoms with E-state index in [1.165, 1.54) is 14.0 Å². The van der Waals surface area contributed by atoms with Crippen LogP contribution in [0.3, 0.4) is 0 Å². The van der Waals surface area contributed by atoms with Crippen LogP contribution in [0.15, 0.2) is 29.1 Å². The predicted molar refractivity (Wildman–Crippen MR) is 98.8 cm³/mol. The largest absolute Gasteiger partial charge is 0.378 e. The fourth-order valence-corrected chi connectivity index (χ4v) is 4.52. The van der Waals surface area contributed by atoms with Crippen LogP contribution in [0.25, 0.3) is 10.2 Å². The van der Waals surface area contributed by atoms with Crippen LogP contribution in [0.2, 0.25) is 0 Å². The second-order valence-corrected chi connectivity index (χ2v) is 7.74. The van der Waals surface area contributed by atoms with Gasteiger partial charge in [0.15, 0.2) is 0 Å². The van der Waals surface area contributed by atoms with Gasteiger partial charge in [-0.3, -0.25) is 4.79 Å². The highest BCUT2D eigenvalue weighted by Crippen LogP contribution is 2.34. The molecule has 4 nitrogen and oxygen atoms in total. The number of benzene rings is 1. The molecule has 2 heterocycles. The lowest BCUT2D eigenvalue weighted by molar-refractivity contribution is 0.913. The van der Waals surface area contributed by atoms with Crippen LogP contribution in [-0.4, -0.2) is 9.97 Å². The van der Waals surface area contributed by atoms with Crippen molar-refractivity contribution < 1.29 is 0 Å². The Morgan fingerprint density at radius 2 is 2.09 bits per heavy atom. The lowest BCUT2D eigenvalue weighted by atomic mass is 10.2. The topological polar surface area (TPSA) is 57.8 Å². The van der Waals surface area contributed by atoms with E-state index in [-0.39, 0.29) is 5.56 Å². The Kier molecular flexibility index (Phi) is 3.65. The third kappa shape index (κ3) is 2.54. The predicted octanol–water partition coefficient (Wildman–Crippen LogP) is 3.69. The Balaban J connectivity index is 1.63. The number of aromatic amines is 1. The minimum absolute atomic E-state index is 0.00353. The van der Waals surface area contributed by atoms with Crippen molar-refractivity contribution in [2.24, 2.45) is 0 Å². The van der Waals surface area contributed by atoms with Crippen LogP contribution in [0, 0.1) is 3.57 Å². The minimum Gasteiger partial charge on any atom is -0.378 e. The SMILES string of the molecule is O=c1[nH]c(CNc2ccc(I)cc2)nc2sc3c(c12)CCC3. The van der Waals surface area contributed by atoms with Crippen LogP contribution in [0.4, 0.5) is 5.69 Å². The summed E-state index contributed by atoms with van der Waals surface area (Å²) in [6.45, 7) is 0.522. The molecule has 1 aliphatic carbocycles. The van der Waals surface area contributed by atoms with E-state index in [1.807, 2.05) is 24.3 Å². The highest BCUT2D eigenvalue weighted by atomic mass is 127. The summed E-state index contributed by atoms with van der Waals surface area (Å²) in [6, 6.07) is 8.15. The number of H-pyrrole nitrogens is 1. The summed E-state index contributed by atoms with van der Waals surface area (Å²) in [6.07, 6.45) is 3.26. The van der Waals surface area contributed by atoms with Gasteiger partial charge in [-0.1, -0.05) is 0 Å². The summed E-state index contributed by atoms with van der Waals surface area (Å²) in [5.41, 5.74) is 2.26. The van der Waals surface area contributed by atoms with Gasteiger partial charge in [0, 0.05) is 14.1 Å². The van der Waals surface area contributed by atoms with Crippen LogP contribution in [-0.2, 0) is 19.4 Å². The number of nitrogens with one attached hydrogen (secondary N) is 2. The molecule has 0 saturated heterocycles. The Bertz CT molecular complexity index is 898. The molecule has 2 N–H and O–H groups in total. The number of thiophene rings is 1.